The van der Waals surface area contributed by atoms with Gasteiger partial charge in [0.1, 0.15) is 5.75 Å². The summed E-state index contributed by atoms with van der Waals surface area (Å²) in [6.07, 6.45) is -2.42. The summed E-state index contributed by atoms with van der Waals surface area (Å²) in [7, 11) is 1.39. The van der Waals surface area contributed by atoms with Crippen molar-refractivity contribution < 1.29 is 27.4 Å². The lowest BCUT2D eigenvalue weighted by Gasteiger charge is -2.10. The Morgan fingerprint density at radius 2 is 1.89 bits per heavy atom. The third-order valence-electron chi connectivity index (χ3n) is 1.77. The number of carbonyl (C=O) groups excluding carboxylic acids is 1. The standard InChI is InChI=1S/C11H11F3N2O3/c1-18-7-6-10(17)16-15-8-2-4-9(5-3-8)19-11(12,13)14/h2-7,15H,1H3,(H,16,17). The van der Waals surface area contributed by atoms with Gasteiger partial charge in [0.25, 0.3) is 5.91 Å². The first-order valence-electron chi connectivity index (χ1n) is 5.02. The molecule has 19 heavy (non-hydrogen) atoms. The number of alkyl halides is 3. The number of carbonyl (C=O) groups is 1. The molecule has 104 valence electrons. The van der Waals surface area contributed by atoms with Crippen molar-refractivity contribution >= 4 is 11.6 Å². The van der Waals surface area contributed by atoms with Crippen LogP contribution in [0.25, 0.3) is 0 Å². The highest BCUT2D eigenvalue weighted by atomic mass is 19.4. The van der Waals surface area contributed by atoms with Crippen LogP contribution in [0.5, 0.6) is 5.75 Å². The molecule has 0 saturated heterocycles. The molecule has 2 N–H and O–H groups in total. The van der Waals surface area contributed by atoms with E-state index in [4.69, 9.17) is 0 Å². The highest BCUT2D eigenvalue weighted by molar-refractivity contribution is 5.88. The minimum atomic E-state index is -4.73. The van der Waals surface area contributed by atoms with Crippen LogP contribution in [0.2, 0.25) is 0 Å². The Morgan fingerprint density at radius 1 is 1.26 bits per heavy atom. The maximum absolute atomic E-state index is 11.9. The minimum absolute atomic E-state index is 0.344. The van der Waals surface area contributed by atoms with E-state index < -0.39 is 12.3 Å². The van der Waals surface area contributed by atoms with Crippen molar-refractivity contribution in [2.24, 2.45) is 0 Å². The van der Waals surface area contributed by atoms with Gasteiger partial charge in [0.2, 0.25) is 0 Å². The topological polar surface area (TPSA) is 59.6 Å². The van der Waals surface area contributed by atoms with Crippen LogP contribution in [0.3, 0.4) is 0 Å². The highest BCUT2D eigenvalue weighted by Crippen LogP contribution is 2.23. The molecule has 8 heteroatoms. The largest absolute Gasteiger partial charge is 0.573 e. The van der Waals surface area contributed by atoms with Gasteiger partial charge < -0.3 is 9.47 Å². The molecule has 0 bridgehead atoms. The van der Waals surface area contributed by atoms with Crippen molar-refractivity contribution in [3.8, 4) is 5.75 Å². The highest BCUT2D eigenvalue weighted by Gasteiger charge is 2.30. The predicted octanol–water partition coefficient (Wildman–Crippen LogP) is 2.19. The molecule has 0 radical (unpaired) electrons. The molecule has 1 aromatic carbocycles. The third-order valence-corrected chi connectivity index (χ3v) is 1.77. The lowest BCUT2D eigenvalue weighted by molar-refractivity contribution is -0.274. The fourth-order valence-corrected chi connectivity index (χ4v) is 1.05. The molecule has 0 aliphatic rings. The van der Waals surface area contributed by atoms with Crippen LogP contribution in [0.4, 0.5) is 18.9 Å². The molecule has 0 saturated carbocycles. The Kier molecular flexibility index (Phi) is 5.04. The van der Waals surface area contributed by atoms with Crippen LogP contribution in [0.1, 0.15) is 0 Å². The van der Waals surface area contributed by atoms with E-state index in [2.05, 4.69) is 20.3 Å². The van der Waals surface area contributed by atoms with E-state index in [0.717, 1.165) is 18.2 Å². The number of halogens is 3. The number of anilines is 1. The summed E-state index contributed by atoms with van der Waals surface area (Å²) >= 11 is 0. The molecule has 1 rings (SSSR count). The summed E-state index contributed by atoms with van der Waals surface area (Å²) in [5.74, 6) is -0.818. The van der Waals surface area contributed by atoms with E-state index in [0.29, 0.717) is 5.69 Å². The van der Waals surface area contributed by atoms with E-state index in [-0.39, 0.29) is 5.75 Å². The molecule has 0 unspecified atom stereocenters. The molecule has 1 amide bonds. The minimum Gasteiger partial charge on any atom is -0.504 e. The zero-order valence-electron chi connectivity index (χ0n) is 9.82. The summed E-state index contributed by atoms with van der Waals surface area (Å²) in [6.45, 7) is 0. The first-order valence-corrected chi connectivity index (χ1v) is 5.02. The van der Waals surface area contributed by atoms with Gasteiger partial charge in [-0.25, -0.2) is 0 Å². The Bertz CT molecular complexity index is 443. The van der Waals surface area contributed by atoms with Gasteiger partial charge in [-0.2, -0.15) is 0 Å². The van der Waals surface area contributed by atoms with Gasteiger partial charge in [-0.1, -0.05) is 0 Å². The lowest BCUT2D eigenvalue weighted by atomic mass is 10.3. The fourth-order valence-electron chi connectivity index (χ4n) is 1.05. The van der Waals surface area contributed by atoms with Gasteiger partial charge in [0.15, 0.2) is 0 Å². The molecule has 5 nitrogen and oxygen atoms in total. The van der Waals surface area contributed by atoms with E-state index in [1.165, 1.54) is 25.5 Å². The second kappa shape index (κ2) is 6.53. The second-order valence-electron chi connectivity index (χ2n) is 3.22. The van der Waals surface area contributed by atoms with Crippen molar-refractivity contribution in [3.05, 3.63) is 36.6 Å². The van der Waals surface area contributed by atoms with Crippen LogP contribution in [0, 0.1) is 0 Å². The third kappa shape index (κ3) is 6.20. The molecule has 0 heterocycles. The summed E-state index contributed by atoms with van der Waals surface area (Å²) in [5.41, 5.74) is 5.18. The van der Waals surface area contributed by atoms with Gasteiger partial charge in [-0.05, 0) is 24.3 Å². The monoisotopic (exact) mass is 276 g/mol. The van der Waals surface area contributed by atoms with Gasteiger partial charge in [0.05, 0.1) is 19.1 Å². The van der Waals surface area contributed by atoms with Crippen LogP contribution in [-0.2, 0) is 9.53 Å². The van der Waals surface area contributed by atoms with Crippen LogP contribution < -0.4 is 15.6 Å². The van der Waals surface area contributed by atoms with Gasteiger partial charge in [-0.15, -0.1) is 13.2 Å². The molecular weight excluding hydrogens is 265 g/mol. The number of methoxy groups -OCH3 is 1. The number of hydrogen-bond donors (Lipinski definition) is 2. The zero-order valence-corrected chi connectivity index (χ0v) is 9.82. The van der Waals surface area contributed by atoms with E-state index in [1.807, 2.05) is 0 Å². The maximum atomic E-state index is 11.9. The number of amides is 1. The molecule has 0 aliphatic heterocycles. The van der Waals surface area contributed by atoms with Crippen LogP contribution in [0.15, 0.2) is 36.6 Å². The lowest BCUT2D eigenvalue weighted by Crippen LogP contribution is -2.27. The fraction of sp³-hybridized carbons (Fsp3) is 0.182. The quantitative estimate of drug-likeness (QED) is 0.491. The Labute approximate surface area is 107 Å². The normalized spacial score (nSPS) is 11.2. The van der Waals surface area contributed by atoms with Gasteiger partial charge >= 0.3 is 6.36 Å². The molecule has 0 aromatic heterocycles. The number of ether oxygens (including phenoxy) is 2. The number of nitrogens with one attached hydrogen (secondary N) is 2. The molecule has 0 fully saturated rings. The average Bonchev–Trinajstić information content (AvgIpc) is 2.33. The van der Waals surface area contributed by atoms with E-state index in [1.54, 1.807) is 0 Å². The molecular formula is C11H11F3N2O3. The Balaban J connectivity index is 2.49. The summed E-state index contributed by atoms with van der Waals surface area (Å²) in [6, 6.07) is 4.88. The van der Waals surface area contributed by atoms with Crippen molar-refractivity contribution in [1.29, 1.82) is 0 Å². The zero-order chi connectivity index (χ0) is 14.3. The SMILES string of the molecule is COC=CC(=O)NNc1ccc(OC(F)(F)F)cc1. The first-order chi connectivity index (χ1) is 8.90. The number of hydrogen-bond acceptors (Lipinski definition) is 4. The Morgan fingerprint density at radius 3 is 2.42 bits per heavy atom. The van der Waals surface area contributed by atoms with Crippen LogP contribution in [-0.4, -0.2) is 19.4 Å². The molecule has 0 atom stereocenters. The summed E-state index contributed by atoms with van der Waals surface area (Å²) < 4.78 is 43.9. The van der Waals surface area contributed by atoms with E-state index >= 15 is 0 Å². The maximum Gasteiger partial charge on any atom is 0.573 e. The molecule has 0 aliphatic carbocycles. The molecule has 1 aromatic rings. The number of benzene rings is 1. The summed E-state index contributed by atoms with van der Waals surface area (Å²) in [4.78, 5) is 11.1. The predicted molar refractivity (Wildman–Crippen MR) is 61.0 cm³/mol. The van der Waals surface area contributed by atoms with Gasteiger partial charge in [-0.3, -0.25) is 15.6 Å². The van der Waals surface area contributed by atoms with Gasteiger partial charge in [0, 0.05) is 6.08 Å². The number of rotatable bonds is 5. The summed E-state index contributed by atoms with van der Waals surface area (Å²) in [5, 5.41) is 0. The van der Waals surface area contributed by atoms with Crippen molar-refractivity contribution in [2.45, 2.75) is 6.36 Å². The van der Waals surface area contributed by atoms with E-state index in [9.17, 15) is 18.0 Å². The van der Waals surface area contributed by atoms with Crippen LogP contribution >= 0.6 is 0 Å². The first kappa shape index (κ1) is 14.7. The smallest absolute Gasteiger partial charge is 0.504 e. The van der Waals surface area contributed by atoms with Crippen molar-refractivity contribution in [2.75, 3.05) is 12.5 Å². The second-order valence-corrected chi connectivity index (χ2v) is 3.22. The average molecular weight is 276 g/mol. The molecule has 0 spiro atoms. The van der Waals surface area contributed by atoms with Crippen molar-refractivity contribution in [3.63, 3.8) is 0 Å². The number of hydrazine groups is 1. The Hall–Kier alpha value is -2.38. The van der Waals surface area contributed by atoms with Crippen molar-refractivity contribution in [1.82, 2.24) is 5.43 Å².